The second-order valence-electron chi connectivity index (χ2n) is 7.32. The van der Waals surface area contributed by atoms with Gasteiger partial charge in [0.05, 0.1) is 13.2 Å². The number of rotatable bonds is 7. The van der Waals surface area contributed by atoms with Gasteiger partial charge in [0.2, 0.25) is 0 Å². The van der Waals surface area contributed by atoms with E-state index in [9.17, 15) is 18.3 Å². The summed E-state index contributed by atoms with van der Waals surface area (Å²) in [7, 11) is 0. The lowest BCUT2D eigenvalue weighted by Crippen LogP contribution is -2.40. The average molecular weight is 395 g/mol. The third-order valence-corrected chi connectivity index (χ3v) is 5.13. The van der Waals surface area contributed by atoms with Crippen LogP contribution in [0.5, 0.6) is 11.5 Å². The second kappa shape index (κ2) is 8.41. The Bertz CT molecular complexity index is 762. The van der Waals surface area contributed by atoms with Gasteiger partial charge < -0.3 is 20.3 Å². The van der Waals surface area contributed by atoms with Crippen LogP contribution in [-0.2, 0) is 6.42 Å². The molecule has 0 amide bonds. The number of aliphatic hydroxyl groups excluding tert-OH is 1. The fourth-order valence-corrected chi connectivity index (χ4v) is 3.57. The molecule has 1 fully saturated rings. The largest absolute Gasteiger partial charge is 0.573 e. The molecule has 4 nitrogen and oxygen atoms in total. The zero-order valence-corrected chi connectivity index (χ0v) is 15.4. The maximum absolute atomic E-state index is 12.2. The van der Waals surface area contributed by atoms with Gasteiger partial charge in [0.1, 0.15) is 11.5 Å². The standard InChI is InChI=1S/C21H24F3NO3/c22-21(23,24)28-19-5-1-15(2-6-19)10-12-27-18-7-3-16(4-8-18)17-9-11-20(25,13-17)14-26/h1-8,17,26H,9-14,25H2/t17-,20+/m1/s1. The monoisotopic (exact) mass is 395 g/mol. The number of alkyl halides is 3. The molecular weight excluding hydrogens is 371 g/mol. The van der Waals surface area contributed by atoms with Crippen LogP contribution in [0.25, 0.3) is 0 Å². The van der Waals surface area contributed by atoms with Crippen molar-refractivity contribution in [2.75, 3.05) is 13.2 Å². The van der Waals surface area contributed by atoms with Crippen LogP contribution in [0.3, 0.4) is 0 Å². The summed E-state index contributed by atoms with van der Waals surface area (Å²) in [5.74, 6) is 0.853. The molecule has 0 aromatic heterocycles. The summed E-state index contributed by atoms with van der Waals surface area (Å²) in [5, 5.41) is 9.39. The first-order chi connectivity index (χ1) is 13.3. The van der Waals surface area contributed by atoms with E-state index >= 15 is 0 Å². The van der Waals surface area contributed by atoms with Gasteiger partial charge in [0, 0.05) is 12.0 Å². The smallest absolute Gasteiger partial charge is 0.493 e. The number of ether oxygens (including phenoxy) is 2. The van der Waals surface area contributed by atoms with Gasteiger partial charge in [-0.2, -0.15) is 0 Å². The molecule has 1 saturated carbocycles. The van der Waals surface area contributed by atoms with Crippen LogP contribution in [0, 0.1) is 0 Å². The minimum Gasteiger partial charge on any atom is -0.493 e. The van der Waals surface area contributed by atoms with E-state index in [-0.39, 0.29) is 12.4 Å². The van der Waals surface area contributed by atoms with E-state index in [0.717, 1.165) is 30.6 Å². The zero-order valence-electron chi connectivity index (χ0n) is 15.4. The van der Waals surface area contributed by atoms with Crippen LogP contribution in [0.1, 0.15) is 36.3 Å². The highest BCUT2D eigenvalue weighted by Crippen LogP contribution is 2.39. The minimum atomic E-state index is -4.68. The van der Waals surface area contributed by atoms with Crippen LogP contribution in [-0.4, -0.2) is 30.2 Å². The van der Waals surface area contributed by atoms with Gasteiger partial charge in [-0.15, -0.1) is 13.2 Å². The van der Waals surface area contributed by atoms with Crippen molar-refractivity contribution >= 4 is 0 Å². The molecule has 3 N–H and O–H groups in total. The van der Waals surface area contributed by atoms with Crippen molar-refractivity contribution in [1.82, 2.24) is 0 Å². The van der Waals surface area contributed by atoms with Gasteiger partial charge in [-0.3, -0.25) is 0 Å². The lowest BCUT2D eigenvalue weighted by molar-refractivity contribution is -0.274. The Morgan fingerprint density at radius 3 is 2.25 bits per heavy atom. The first-order valence-corrected chi connectivity index (χ1v) is 9.24. The molecule has 1 aliphatic rings. The quantitative estimate of drug-likeness (QED) is 0.739. The van der Waals surface area contributed by atoms with E-state index in [1.54, 1.807) is 12.1 Å². The van der Waals surface area contributed by atoms with Crippen molar-refractivity contribution in [3.63, 3.8) is 0 Å². The van der Waals surface area contributed by atoms with Gasteiger partial charge >= 0.3 is 6.36 Å². The molecule has 1 aliphatic carbocycles. The van der Waals surface area contributed by atoms with Crippen molar-refractivity contribution in [2.45, 2.75) is 43.5 Å². The number of benzene rings is 2. The summed E-state index contributed by atoms with van der Waals surface area (Å²) >= 11 is 0. The SMILES string of the molecule is N[C@@]1(CO)CC[C@@H](c2ccc(OCCc3ccc(OC(F)(F)F)cc3)cc2)C1. The maximum Gasteiger partial charge on any atom is 0.573 e. The molecule has 152 valence electrons. The first kappa shape index (κ1) is 20.5. The molecule has 0 heterocycles. The maximum atomic E-state index is 12.2. The van der Waals surface area contributed by atoms with E-state index < -0.39 is 11.9 Å². The number of halogens is 3. The van der Waals surface area contributed by atoms with Crippen molar-refractivity contribution in [1.29, 1.82) is 0 Å². The molecule has 2 aromatic rings. The predicted molar refractivity (Wildman–Crippen MR) is 99.4 cm³/mol. The van der Waals surface area contributed by atoms with Gasteiger partial charge in [-0.1, -0.05) is 24.3 Å². The summed E-state index contributed by atoms with van der Waals surface area (Å²) in [6.07, 6.45) is -1.55. The Morgan fingerprint density at radius 2 is 1.68 bits per heavy atom. The van der Waals surface area contributed by atoms with Crippen LogP contribution in [0.4, 0.5) is 13.2 Å². The molecule has 0 bridgehead atoms. The molecule has 7 heteroatoms. The summed E-state index contributed by atoms with van der Waals surface area (Å²) < 4.78 is 46.0. The first-order valence-electron chi connectivity index (χ1n) is 9.24. The molecule has 0 aliphatic heterocycles. The second-order valence-corrected chi connectivity index (χ2v) is 7.32. The molecular formula is C21H24F3NO3. The number of aliphatic hydroxyl groups is 1. The van der Waals surface area contributed by atoms with Crippen LogP contribution >= 0.6 is 0 Å². The van der Waals surface area contributed by atoms with E-state index in [4.69, 9.17) is 10.5 Å². The fraction of sp³-hybridized carbons (Fsp3) is 0.429. The number of hydrogen-bond acceptors (Lipinski definition) is 4. The number of nitrogens with two attached hydrogens (primary N) is 1. The predicted octanol–water partition coefficient (Wildman–Crippen LogP) is 4.16. The van der Waals surface area contributed by atoms with Gasteiger partial charge in [0.15, 0.2) is 0 Å². The molecule has 2 aromatic carbocycles. The average Bonchev–Trinajstić information content (AvgIpc) is 3.06. The summed E-state index contributed by atoms with van der Waals surface area (Å²) in [4.78, 5) is 0. The van der Waals surface area contributed by atoms with Gasteiger partial charge in [-0.25, -0.2) is 0 Å². The Balaban J connectivity index is 1.46. The van der Waals surface area contributed by atoms with Crippen LogP contribution in [0.15, 0.2) is 48.5 Å². The fourth-order valence-electron chi connectivity index (χ4n) is 3.57. The zero-order chi connectivity index (χ0) is 20.2. The highest BCUT2D eigenvalue weighted by Gasteiger charge is 2.35. The van der Waals surface area contributed by atoms with Crippen LogP contribution in [0.2, 0.25) is 0 Å². The topological polar surface area (TPSA) is 64.7 Å². The Morgan fingerprint density at radius 1 is 1.04 bits per heavy atom. The summed E-state index contributed by atoms with van der Waals surface area (Å²) in [6, 6.07) is 13.6. The highest BCUT2D eigenvalue weighted by molar-refractivity contribution is 5.31. The molecule has 0 radical (unpaired) electrons. The Hall–Kier alpha value is -2.25. The Kier molecular flexibility index (Phi) is 6.15. The molecule has 0 unspecified atom stereocenters. The van der Waals surface area contributed by atoms with E-state index in [2.05, 4.69) is 4.74 Å². The molecule has 3 rings (SSSR count). The molecule has 28 heavy (non-hydrogen) atoms. The third-order valence-electron chi connectivity index (χ3n) is 5.13. The van der Waals surface area contributed by atoms with Gasteiger partial charge in [0.25, 0.3) is 0 Å². The Labute approximate surface area is 162 Å². The van der Waals surface area contributed by atoms with Crippen molar-refractivity contribution < 1.29 is 27.8 Å². The van der Waals surface area contributed by atoms with Crippen LogP contribution < -0.4 is 15.2 Å². The summed E-state index contributed by atoms with van der Waals surface area (Å²) in [5.41, 5.74) is 7.72. The molecule has 0 saturated heterocycles. The van der Waals surface area contributed by atoms with Crippen molar-refractivity contribution in [3.05, 3.63) is 59.7 Å². The van der Waals surface area contributed by atoms with Crippen molar-refractivity contribution in [3.8, 4) is 11.5 Å². The molecule has 0 spiro atoms. The van der Waals surface area contributed by atoms with E-state index in [1.165, 1.54) is 17.7 Å². The van der Waals surface area contributed by atoms with E-state index in [0.29, 0.717) is 18.9 Å². The lowest BCUT2D eigenvalue weighted by atomic mass is 9.94. The lowest BCUT2D eigenvalue weighted by Gasteiger charge is -2.21. The van der Waals surface area contributed by atoms with Gasteiger partial charge in [-0.05, 0) is 60.6 Å². The summed E-state index contributed by atoms with van der Waals surface area (Å²) in [6.45, 7) is 0.423. The highest BCUT2D eigenvalue weighted by atomic mass is 19.4. The van der Waals surface area contributed by atoms with Crippen molar-refractivity contribution in [2.24, 2.45) is 5.73 Å². The number of hydrogen-bond donors (Lipinski definition) is 2. The normalized spacial score (nSPS) is 22.2. The van der Waals surface area contributed by atoms with E-state index in [1.807, 2.05) is 24.3 Å². The minimum absolute atomic E-state index is 0.00794. The molecule has 2 atom stereocenters. The third kappa shape index (κ3) is 5.62.